The van der Waals surface area contributed by atoms with Crippen LogP contribution in [0.2, 0.25) is 0 Å². The molecule has 2 heterocycles. The zero-order valence-corrected chi connectivity index (χ0v) is 9.91. The van der Waals surface area contributed by atoms with Crippen molar-refractivity contribution in [1.29, 1.82) is 0 Å². The molecule has 1 aromatic heterocycles. The van der Waals surface area contributed by atoms with E-state index in [1.165, 1.54) is 0 Å². The van der Waals surface area contributed by atoms with E-state index in [-0.39, 0.29) is 5.91 Å². The number of ether oxygens (including phenoxy) is 1. The topological polar surface area (TPSA) is 63.2 Å². The fourth-order valence-electron chi connectivity index (χ4n) is 1.48. The summed E-state index contributed by atoms with van der Waals surface area (Å²) in [6.45, 7) is 3.45. The molecule has 0 radical (unpaired) electrons. The van der Waals surface area contributed by atoms with Gasteiger partial charge in [-0.2, -0.15) is 0 Å². The fraction of sp³-hybridized carbons (Fsp3) is 0.333. The molecular weight excluding hydrogens is 218 g/mol. The normalized spacial score (nSPS) is 13.9. The molecule has 90 valence electrons. The minimum absolute atomic E-state index is 0.0755. The lowest BCUT2D eigenvalue weighted by Crippen LogP contribution is -2.36. The van der Waals surface area contributed by atoms with Gasteiger partial charge in [0.15, 0.2) is 0 Å². The minimum atomic E-state index is -0.0755. The van der Waals surface area contributed by atoms with Crippen LogP contribution in [0.15, 0.2) is 29.5 Å². The lowest BCUT2D eigenvalue weighted by molar-refractivity contribution is -0.112. The molecule has 5 heteroatoms. The minimum Gasteiger partial charge on any atom is -0.481 e. The van der Waals surface area contributed by atoms with Crippen LogP contribution in [0.3, 0.4) is 0 Å². The second kappa shape index (κ2) is 4.97. The first-order valence-electron chi connectivity index (χ1n) is 5.41. The van der Waals surface area contributed by atoms with E-state index in [0.29, 0.717) is 11.6 Å². The van der Waals surface area contributed by atoms with Crippen LogP contribution in [0.25, 0.3) is 0 Å². The number of anilines is 1. The number of pyridine rings is 1. The molecule has 0 aliphatic carbocycles. The van der Waals surface area contributed by atoms with Crippen LogP contribution < -0.4 is 15.4 Å². The Hall–Kier alpha value is -1.88. The van der Waals surface area contributed by atoms with Crippen LogP contribution in [0.1, 0.15) is 6.92 Å². The van der Waals surface area contributed by atoms with Crippen molar-refractivity contribution < 1.29 is 9.53 Å². The van der Waals surface area contributed by atoms with Crippen molar-refractivity contribution in [2.75, 3.05) is 25.5 Å². The fourth-order valence-corrected chi connectivity index (χ4v) is 1.48. The lowest BCUT2D eigenvalue weighted by Gasteiger charge is -2.21. The van der Waals surface area contributed by atoms with Crippen LogP contribution in [0.4, 0.5) is 5.69 Å². The van der Waals surface area contributed by atoms with Crippen molar-refractivity contribution in [1.82, 2.24) is 10.3 Å². The van der Waals surface area contributed by atoms with Crippen LogP contribution in [0, 0.1) is 0 Å². The number of nitrogens with one attached hydrogen (secondary N) is 2. The second-order valence-corrected chi connectivity index (χ2v) is 3.88. The predicted octanol–water partition coefficient (Wildman–Crippen LogP) is 0.948. The smallest absolute Gasteiger partial charge is 0.251 e. The SMILES string of the molecule is COc1ccc(NC(=O)C(C)=C2CNC2)cn1. The van der Waals surface area contributed by atoms with E-state index in [1.807, 2.05) is 6.92 Å². The Balaban J connectivity index is 2.02. The summed E-state index contributed by atoms with van der Waals surface area (Å²) in [6.07, 6.45) is 1.58. The van der Waals surface area contributed by atoms with Gasteiger partial charge in [0.1, 0.15) is 0 Å². The number of carbonyl (C=O) groups excluding carboxylic acids is 1. The monoisotopic (exact) mass is 233 g/mol. The Morgan fingerprint density at radius 2 is 2.24 bits per heavy atom. The summed E-state index contributed by atoms with van der Waals surface area (Å²) in [5.74, 6) is 0.453. The first-order chi connectivity index (χ1) is 8.20. The number of methoxy groups -OCH3 is 1. The van der Waals surface area contributed by atoms with E-state index in [1.54, 1.807) is 25.4 Å². The van der Waals surface area contributed by atoms with Gasteiger partial charge in [0.2, 0.25) is 5.88 Å². The Morgan fingerprint density at radius 1 is 1.47 bits per heavy atom. The summed E-state index contributed by atoms with van der Waals surface area (Å²) in [5.41, 5.74) is 2.60. The molecule has 0 saturated carbocycles. The molecule has 1 amide bonds. The van der Waals surface area contributed by atoms with Gasteiger partial charge in [-0.05, 0) is 18.6 Å². The van der Waals surface area contributed by atoms with Crippen LogP contribution >= 0.6 is 0 Å². The van der Waals surface area contributed by atoms with Gasteiger partial charge >= 0.3 is 0 Å². The van der Waals surface area contributed by atoms with Gasteiger partial charge in [0.25, 0.3) is 5.91 Å². The number of carbonyl (C=O) groups is 1. The summed E-state index contributed by atoms with van der Waals surface area (Å²) in [4.78, 5) is 15.9. The third kappa shape index (κ3) is 2.62. The molecule has 1 fully saturated rings. The van der Waals surface area contributed by atoms with Gasteiger partial charge in [0.05, 0.1) is 19.0 Å². The van der Waals surface area contributed by atoms with Gasteiger partial charge in [-0.3, -0.25) is 4.79 Å². The highest BCUT2D eigenvalue weighted by atomic mass is 16.5. The zero-order valence-electron chi connectivity index (χ0n) is 9.91. The summed E-state index contributed by atoms with van der Waals surface area (Å²) in [7, 11) is 1.55. The van der Waals surface area contributed by atoms with Crippen LogP contribution in [0.5, 0.6) is 5.88 Å². The Labute approximate surface area is 99.9 Å². The first-order valence-corrected chi connectivity index (χ1v) is 5.41. The van der Waals surface area contributed by atoms with E-state index < -0.39 is 0 Å². The van der Waals surface area contributed by atoms with E-state index in [0.717, 1.165) is 24.2 Å². The average Bonchev–Trinajstić information content (AvgIpc) is 2.27. The molecule has 5 nitrogen and oxygen atoms in total. The number of amides is 1. The van der Waals surface area contributed by atoms with E-state index >= 15 is 0 Å². The molecule has 1 aromatic rings. The summed E-state index contributed by atoms with van der Waals surface area (Å²) >= 11 is 0. The van der Waals surface area contributed by atoms with Gasteiger partial charge < -0.3 is 15.4 Å². The van der Waals surface area contributed by atoms with Gasteiger partial charge in [0, 0.05) is 24.7 Å². The molecule has 1 aliphatic heterocycles. The molecular formula is C12H15N3O2. The molecule has 2 N–H and O–H groups in total. The quantitative estimate of drug-likeness (QED) is 0.763. The van der Waals surface area contributed by atoms with Crippen molar-refractivity contribution in [3.8, 4) is 5.88 Å². The third-order valence-corrected chi connectivity index (χ3v) is 2.75. The van der Waals surface area contributed by atoms with Crippen molar-refractivity contribution in [3.63, 3.8) is 0 Å². The molecule has 0 atom stereocenters. The standard InChI is InChI=1S/C12H15N3O2/c1-8(9-5-13-6-9)12(16)15-10-3-4-11(17-2)14-7-10/h3-4,7,13H,5-6H2,1-2H3,(H,15,16). The van der Waals surface area contributed by atoms with Crippen molar-refractivity contribution in [2.24, 2.45) is 0 Å². The number of hydrogen-bond donors (Lipinski definition) is 2. The average molecular weight is 233 g/mol. The molecule has 0 bridgehead atoms. The van der Waals surface area contributed by atoms with Gasteiger partial charge in [-0.1, -0.05) is 0 Å². The Kier molecular flexibility index (Phi) is 3.39. The highest BCUT2D eigenvalue weighted by molar-refractivity contribution is 6.03. The van der Waals surface area contributed by atoms with Crippen LogP contribution in [-0.2, 0) is 4.79 Å². The van der Waals surface area contributed by atoms with Crippen molar-refractivity contribution in [2.45, 2.75) is 6.92 Å². The second-order valence-electron chi connectivity index (χ2n) is 3.88. The van der Waals surface area contributed by atoms with E-state index in [4.69, 9.17) is 4.74 Å². The summed E-state index contributed by atoms with van der Waals surface area (Å²) < 4.78 is 4.94. The number of hydrogen-bond acceptors (Lipinski definition) is 4. The maximum atomic E-state index is 11.8. The van der Waals surface area contributed by atoms with Crippen molar-refractivity contribution >= 4 is 11.6 Å². The van der Waals surface area contributed by atoms with Gasteiger partial charge in [-0.15, -0.1) is 0 Å². The number of aromatic nitrogens is 1. The molecule has 1 saturated heterocycles. The highest BCUT2D eigenvalue weighted by Crippen LogP contribution is 2.14. The van der Waals surface area contributed by atoms with Gasteiger partial charge in [-0.25, -0.2) is 4.98 Å². The summed E-state index contributed by atoms with van der Waals surface area (Å²) in [6, 6.07) is 3.48. The molecule has 0 aromatic carbocycles. The molecule has 2 rings (SSSR count). The van der Waals surface area contributed by atoms with Crippen molar-refractivity contribution in [3.05, 3.63) is 29.5 Å². The molecule has 0 spiro atoms. The third-order valence-electron chi connectivity index (χ3n) is 2.75. The summed E-state index contributed by atoms with van der Waals surface area (Å²) in [5, 5.41) is 5.91. The zero-order chi connectivity index (χ0) is 12.3. The Bertz CT molecular complexity index is 445. The predicted molar refractivity (Wildman–Crippen MR) is 65.0 cm³/mol. The highest BCUT2D eigenvalue weighted by Gasteiger charge is 2.15. The largest absolute Gasteiger partial charge is 0.481 e. The number of rotatable bonds is 3. The number of nitrogens with zero attached hydrogens (tertiary/aromatic N) is 1. The first kappa shape index (κ1) is 11.6. The maximum absolute atomic E-state index is 11.8. The van der Waals surface area contributed by atoms with Crippen LogP contribution in [-0.4, -0.2) is 31.1 Å². The Morgan fingerprint density at radius 3 is 2.71 bits per heavy atom. The maximum Gasteiger partial charge on any atom is 0.251 e. The molecule has 17 heavy (non-hydrogen) atoms. The lowest BCUT2D eigenvalue weighted by atomic mass is 10.0. The van der Waals surface area contributed by atoms with E-state index in [2.05, 4.69) is 15.6 Å². The van der Waals surface area contributed by atoms with E-state index in [9.17, 15) is 4.79 Å². The molecule has 0 unspecified atom stereocenters. The molecule has 1 aliphatic rings.